The molecule has 2 rings (SSSR count). The monoisotopic (exact) mass is 353 g/mol. The van der Waals surface area contributed by atoms with Crippen LogP contribution in [0.5, 0.6) is 0 Å². The van der Waals surface area contributed by atoms with E-state index in [0.717, 1.165) is 0 Å². The number of nitriles is 1. The molecule has 26 heavy (non-hydrogen) atoms. The molecule has 0 aromatic heterocycles. The molecule has 2 aromatic rings. The average molecular weight is 353 g/mol. The Labute approximate surface area is 152 Å². The van der Waals surface area contributed by atoms with E-state index in [9.17, 15) is 19.2 Å². The van der Waals surface area contributed by atoms with Crippen molar-refractivity contribution in [3.63, 3.8) is 0 Å². The fourth-order valence-electron chi connectivity index (χ4n) is 2.59. The number of anilines is 1. The highest BCUT2D eigenvalue weighted by atomic mass is 19.1. The molecule has 0 spiro atoms. The number of amides is 2. The van der Waals surface area contributed by atoms with E-state index >= 15 is 0 Å². The summed E-state index contributed by atoms with van der Waals surface area (Å²) in [4.78, 5) is 25.3. The Morgan fingerprint density at radius 1 is 1.15 bits per heavy atom. The minimum Gasteiger partial charge on any atom is -0.356 e. The number of hydrogen-bond donors (Lipinski definition) is 1. The molecule has 0 fully saturated rings. The Morgan fingerprint density at radius 3 is 2.54 bits per heavy atom. The van der Waals surface area contributed by atoms with Gasteiger partial charge in [0.2, 0.25) is 11.8 Å². The first kappa shape index (κ1) is 19.1. The molecule has 0 atom stereocenters. The van der Waals surface area contributed by atoms with Crippen LogP contribution in [0.1, 0.15) is 24.5 Å². The third kappa shape index (κ3) is 5.15. The van der Waals surface area contributed by atoms with Crippen molar-refractivity contribution in [2.24, 2.45) is 0 Å². The minimum atomic E-state index is -0.294. The van der Waals surface area contributed by atoms with Crippen molar-refractivity contribution < 1.29 is 14.0 Å². The van der Waals surface area contributed by atoms with Crippen LogP contribution in [0.4, 0.5) is 10.1 Å². The van der Waals surface area contributed by atoms with Crippen molar-refractivity contribution in [2.75, 3.05) is 18.0 Å². The zero-order valence-electron chi connectivity index (χ0n) is 14.5. The van der Waals surface area contributed by atoms with Gasteiger partial charge in [0.25, 0.3) is 0 Å². The predicted molar refractivity (Wildman–Crippen MR) is 96.9 cm³/mol. The van der Waals surface area contributed by atoms with Gasteiger partial charge in [0.1, 0.15) is 11.9 Å². The average Bonchev–Trinajstić information content (AvgIpc) is 2.63. The highest BCUT2D eigenvalue weighted by Gasteiger charge is 2.16. The standard InChI is InChI=1S/C20H20FN3O2/c1-15(25)24(19-9-5-3-7-17(19)14-22)13-11-20(26)23-12-10-16-6-2-4-8-18(16)21/h2-9H,10-13H2,1H3,(H,23,26). The lowest BCUT2D eigenvalue weighted by Crippen LogP contribution is -2.34. The van der Waals surface area contributed by atoms with Gasteiger partial charge in [0, 0.05) is 26.4 Å². The fourth-order valence-corrected chi connectivity index (χ4v) is 2.59. The molecule has 2 amide bonds. The molecule has 0 aliphatic heterocycles. The summed E-state index contributed by atoms with van der Waals surface area (Å²) in [5.74, 6) is -0.772. The molecule has 0 aliphatic carbocycles. The number of carbonyl (C=O) groups excluding carboxylic acids is 2. The molecule has 5 nitrogen and oxygen atoms in total. The number of halogens is 1. The molecule has 0 saturated carbocycles. The van der Waals surface area contributed by atoms with E-state index in [-0.39, 0.29) is 30.6 Å². The molecule has 1 N–H and O–H groups in total. The quantitative estimate of drug-likeness (QED) is 0.832. The second-order valence-corrected chi connectivity index (χ2v) is 5.74. The first-order valence-electron chi connectivity index (χ1n) is 8.30. The molecule has 0 radical (unpaired) electrons. The second kappa shape index (κ2) is 9.33. The van der Waals surface area contributed by atoms with Gasteiger partial charge in [-0.25, -0.2) is 4.39 Å². The van der Waals surface area contributed by atoms with Crippen molar-refractivity contribution in [1.82, 2.24) is 5.32 Å². The Kier molecular flexibility index (Phi) is 6.86. The van der Waals surface area contributed by atoms with Gasteiger partial charge in [0.15, 0.2) is 0 Å². The first-order chi connectivity index (χ1) is 12.5. The van der Waals surface area contributed by atoms with Crippen molar-refractivity contribution in [2.45, 2.75) is 19.8 Å². The van der Waals surface area contributed by atoms with E-state index in [1.807, 2.05) is 6.07 Å². The maximum Gasteiger partial charge on any atom is 0.223 e. The maximum absolute atomic E-state index is 13.5. The Morgan fingerprint density at radius 2 is 1.85 bits per heavy atom. The second-order valence-electron chi connectivity index (χ2n) is 5.74. The lowest BCUT2D eigenvalue weighted by molar-refractivity contribution is -0.121. The third-order valence-corrected chi connectivity index (χ3v) is 3.93. The van der Waals surface area contributed by atoms with Crippen LogP contribution in [0.2, 0.25) is 0 Å². The van der Waals surface area contributed by atoms with E-state index in [4.69, 9.17) is 0 Å². The predicted octanol–water partition coefficient (Wildman–Crippen LogP) is 2.80. The van der Waals surface area contributed by atoms with Crippen LogP contribution in [0.25, 0.3) is 0 Å². The van der Waals surface area contributed by atoms with Crippen molar-refractivity contribution in [3.8, 4) is 6.07 Å². The van der Waals surface area contributed by atoms with E-state index in [2.05, 4.69) is 5.32 Å². The van der Waals surface area contributed by atoms with Crippen LogP contribution in [0.3, 0.4) is 0 Å². The summed E-state index contributed by atoms with van der Waals surface area (Å²) in [5.41, 5.74) is 1.41. The Bertz CT molecular complexity index is 830. The molecule has 0 bridgehead atoms. The van der Waals surface area contributed by atoms with Gasteiger partial charge in [-0.15, -0.1) is 0 Å². The summed E-state index contributed by atoms with van der Waals surface area (Å²) in [7, 11) is 0. The maximum atomic E-state index is 13.5. The molecule has 0 heterocycles. The van der Waals surface area contributed by atoms with E-state index in [1.54, 1.807) is 42.5 Å². The van der Waals surface area contributed by atoms with Gasteiger partial charge < -0.3 is 10.2 Å². The van der Waals surface area contributed by atoms with E-state index in [0.29, 0.717) is 29.8 Å². The van der Waals surface area contributed by atoms with Crippen LogP contribution >= 0.6 is 0 Å². The summed E-state index contributed by atoms with van der Waals surface area (Å²) >= 11 is 0. The molecule has 0 saturated heterocycles. The number of nitrogens with zero attached hydrogens (tertiary/aromatic N) is 2. The molecular formula is C20H20FN3O2. The number of para-hydroxylation sites is 1. The highest BCUT2D eigenvalue weighted by molar-refractivity contribution is 5.93. The van der Waals surface area contributed by atoms with Crippen molar-refractivity contribution in [3.05, 3.63) is 65.5 Å². The van der Waals surface area contributed by atoms with Crippen LogP contribution in [-0.4, -0.2) is 24.9 Å². The summed E-state index contributed by atoms with van der Waals surface area (Å²) in [6.07, 6.45) is 0.489. The summed E-state index contributed by atoms with van der Waals surface area (Å²) in [6.45, 7) is 1.87. The van der Waals surface area contributed by atoms with Crippen molar-refractivity contribution >= 4 is 17.5 Å². The van der Waals surface area contributed by atoms with E-state index < -0.39 is 0 Å². The Balaban J connectivity index is 1.89. The largest absolute Gasteiger partial charge is 0.356 e. The summed E-state index contributed by atoms with van der Waals surface area (Å²) in [5, 5.41) is 11.9. The summed E-state index contributed by atoms with van der Waals surface area (Å²) in [6, 6.07) is 15.2. The SMILES string of the molecule is CC(=O)N(CCC(=O)NCCc1ccccc1F)c1ccccc1C#N. The van der Waals surface area contributed by atoms with Crippen LogP contribution in [0, 0.1) is 17.1 Å². The fraction of sp³-hybridized carbons (Fsp3) is 0.250. The van der Waals surface area contributed by atoms with Crippen LogP contribution in [0.15, 0.2) is 48.5 Å². The molecule has 134 valence electrons. The normalized spacial score (nSPS) is 10.0. The minimum absolute atomic E-state index is 0.0939. The highest BCUT2D eigenvalue weighted by Crippen LogP contribution is 2.20. The van der Waals surface area contributed by atoms with Gasteiger partial charge in [-0.3, -0.25) is 9.59 Å². The van der Waals surface area contributed by atoms with Gasteiger partial charge in [-0.1, -0.05) is 30.3 Å². The van der Waals surface area contributed by atoms with Crippen LogP contribution < -0.4 is 10.2 Å². The van der Waals surface area contributed by atoms with Crippen molar-refractivity contribution in [1.29, 1.82) is 5.26 Å². The topological polar surface area (TPSA) is 73.2 Å². The van der Waals surface area contributed by atoms with Gasteiger partial charge >= 0.3 is 0 Å². The number of benzene rings is 2. The Hall–Kier alpha value is -3.20. The molecule has 6 heteroatoms. The summed E-state index contributed by atoms with van der Waals surface area (Å²) < 4.78 is 13.5. The van der Waals surface area contributed by atoms with Gasteiger partial charge in [-0.2, -0.15) is 5.26 Å². The number of hydrogen-bond acceptors (Lipinski definition) is 3. The zero-order chi connectivity index (χ0) is 18.9. The van der Waals surface area contributed by atoms with Crippen LogP contribution in [-0.2, 0) is 16.0 Å². The first-order valence-corrected chi connectivity index (χ1v) is 8.30. The molecule has 0 aliphatic rings. The lowest BCUT2D eigenvalue weighted by Gasteiger charge is -2.22. The molecule has 2 aromatic carbocycles. The molecule has 0 unspecified atom stereocenters. The number of carbonyl (C=O) groups is 2. The smallest absolute Gasteiger partial charge is 0.223 e. The van der Waals surface area contributed by atoms with E-state index in [1.165, 1.54) is 17.9 Å². The molecular weight excluding hydrogens is 333 g/mol. The third-order valence-electron chi connectivity index (χ3n) is 3.93. The van der Waals surface area contributed by atoms with Gasteiger partial charge in [-0.05, 0) is 30.2 Å². The number of nitrogens with one attached hydrogen (secondary N) is 1. The van der Waals surface area contributed by atoms with Gasteiger partial charge in [0.05, 0.1) is 11.3 Å². The zero-order valence-corrected chi connectivity index (χ0v) is 14.5. The number of rotatable bonds is 7. The lowest BCUT2D eigenvalue weighted by atomic mass is 10.1.